The van der Waals surface area contributed by atoms with Gasteiger partial charge in [-0.3, -0.25) is 4.79 Å². The Labute approximate surface area is 113 Å². The van der Waals surface area contributed by atoms with Crippen LogP contribution in [0.3, 0.4) is 0 Å². The Morgan fingerprint density at radius 2 is 0.944 bits per heavy atom. The van der Waals surface area contributed by atoms with Gasteiger partial charge in [-0.2, -0.15) is 0 Å². The molecule has 0 bridgehead atoms. The van der Waals surface area contributed by atoms with Crippen LogP contribution in [0.2, 0.25) is 0 Å². The topological polar surface area (TPSA) is 17.1 Å². The molecule has 0 heterocycles. The van der Waals surface area contributed by atoms with Crippen LogP contribution in [-0.2, 0) is 4.79 Å². The van der Waals surface area contributed by atoms with Crippen LogP contribution >= 0.6 is 0 Å². The quantitative estimate of drug-likeness (QED) is 0.512. The summed E-state index contributed by atoms with van der Waals surface area (Å²) in [5.74, 6) is 0.499. The highest BCUT2D eigenvalue weighted by molar-refractivity contribution is 5.78. The van der Waals surface area contributed by atoms with Gasteiger partial charge in [-0.05, 0) is 38.5 Å². The fourth-order valence-corrected chi connectivity index (χ4v) is 2.59. The molecule has 0 N–H and O–H groups in total. The van der Waals surface area contributed by atoms with Crippen molar-refractivity contribution in [3.8, 4) is 0 Å². The smallest absolute Gasteiger partial charge is 0.132 e. The van der Waals surface area contributed by atoms with Gasteiger partial charge in [-0.15, -0.1) is 0 Å². The summed E-state index contributed by atoms with van der Waals surface area (Å²) in [4.78, 5) is 11.6. The molecule has 0 aromatic carbocycles. The van der Waals surface area contributed by atoms with Crippen molar-refractivity contribution < 1.29 is 4.79 Å². The van der Waals surface area contributed by atoms with Gasteiger partial charge in [-0.25, -0.2) is 0 Å². The molecule has 104 valence electrons. The molecule has 1 heteroatoms. The van der Waals surface area contributed by atoms with E-state index in [0.717, 1.165) is 25.7 Å². The Bertz CT molecular complexity index is 230. The molecule has 1 rings (SSSR count). The van der Waals surface area contributed by atoms with Crippen LogP contribution in [0, 0.1) is 0 Å². The molecule has 1 aliphatic carbocycles. The van der Waals surface area contributed by atoms with Gasteiger partial charge >= 0.3 is 0 Å². The fourth-order valence-electron chi connectivity index (χ4n) is 2.59. The summed E-state index contributed by atoms with van der Waals surface area (Å²) in [6.07, 6.45) is 21.5. The van der Waals surface area contributed by atoms with Crippen LogP contribution in [-0.4, -0.2) is 5.78 Å². The number of hydrogen-bond acceptors (Lipinski definition) is 1. The highest BCUT2D eigenvalue weighted by Gasteiger charge is 2.01. The second kappa shape index (κ2) is 11.5. The Balaban J connectivity index is 2.17. The van der Waals surface area contributed by atoms with Gasteiger partial charge in [-0.1, -0.05) is 50.7 Å². The van der Waals surface area contributed by atoms with Crippen LogP contribution in [0.4, 0.5) is 0 Å². The Morgan fingerprint density at radius 3 is 1.44 bits per heavy atom. The molecule has 0 aromatic heterocycles. The van der Waals surface area contributed by atoms with Crippen molar-refractivity contribution in [2.24, 2.45) is 0 Å². The number of allylic oxidation sites excluding steroid dienone is 2. The van der Waals surface area contributed by atoms with Gasteiger partial charge in [0, 0.05) is 12.8 Å². The third kappa shape index (κ3) is 9.44. The molecule has 0 amide bonds. The molecule has 0 unspecified atom stereocenters. The zero-order valence-electron chi connectivity index (χ0n) is 12.0. The summed E-state index contributed by atoms with van der Waals surface area (Å²) in [5, 5.41) is 0. The average Bonchev–Trinajstić information content (AvgIpc) is 2.37. The summed E-state index contributed by atoms with van der Waals surface area (Å²) in [7, 11) is 0. The zero-order chi connectivity index (χ0) is 12.9. The van der Waals surface area contributed by atoms with Gasteiger partial charge in [0.1, 0.15) is 5.78 Å². The normalized spacial score (nSPS) is 24.3. The molecule has 0 saturated heterocycles. The SMILES string of the molecule is O=C1CCCCCC/C=C/CCCCCCCC1. The maximum atomic E-state index is 11.6. The largest absolute Gasteiger partial charge is 0.300 e. The maximum Gasteiger partial charge on any atom is 0.132 e. The number of carbonyl (C=O) groups is 1. The standard InChI is InChI=1S/C17H30O/c18-17-15-13-11-9-7-5-3-1-2-4-6-8-10-12-14-16-17/h1,3H,2,4-16H2/b3-1+. The van der Waals surface area contributed by atoms with E-state index in [1.165, 1.54) is 64.2 Å². The molecular formula is C17H30O. The number of rotatable bonds is 0. The second-order valence-electron chi connectivity index (χ2n) is 5.62. The predicted molar refractivity (Wildman–Crippen MR) is 78.8 cm³/mol. The van der Waals surface area contributed by atoms with Gasteiger partial charge in [0.25, 0.3) is 0 Å². The molecule has 0 radical (unpaired) electrons. The monoisotopic (exact) mass is 250 g/mol. The Kier molecular flexibility index (Phi) is 9.88. The summed E-state index contributed by atoms with van der Waals surface area (Å²) in [6, 6.07) is 0. The molecule has 0 aromatic rings. The van der Waals surface area contributed by atoms with Crippen molar-refractivity contribution in [1.82, 2.24) is 0 Å². The van der Waals surface area contributed by atoms with Crippen molar-refractivity contribution in [3.63, 3.8) is 0 Å². The minimum atomic E-state index is 0.499. The first-order valence-corrected chi connectivity index (χ1v) is 8.06. The van der Waals surface area contributed by atoms with Crippen LogP contribution in [0.1, 0.15) is 89.9 Å². The lowest BCUT2D eigenvalue weighted by molar-refractivity contribution is -0.119. The molecule has 18 heavy (non-hydrogen) atoms. The number of hydrogen-bond donors (Lipinski definition) is 0. The van der Waals surface area contributed by atoms with Crippen LogP contribution < -0.4 is 0 Å². The van der Waals surface area contributed by atoms with Crippen molar-refractivity contribution in [2.75, 3.05) is 0 Å². The molecular weight excluding hydrogens is 220 g/mol. The highest BCUT2D eigenvalue weighted by Crippen LogP contribution is 2.12. The average molecular weight is 250 g/mol. The van der Waals surface area contributed by atoms with E-state index in [1.54, 1.807) is 0 Å². The third-order valence-electron chi connectivity index (χ3n) is 3.82. The molecule has 0 spiro atoms. The zero-order valence-corrected chi connectivity index (χ0v) is 12.0. The lowest BCUT2D eigenvalue weighted by Gasteiger charge is -2.02. The second-order valence-corrected chi connectivity index (χ2v) is 5.62. The summed E-state index contributed by atoms with van der Waals surface area (Å²) in [6.45, 7) is 0. The van der Waals surface area contributed by atoms with E-state index in [1.807, 2.05) is 0 Å². The lowest BCUT2D eigenvalue weighted by Crippen LogP contribution is -1.97. The van der Waals surface area contributed by atoms with Crippen LogP contribution in [0.15, 0.2) is 12.2 Å². The fraction of sp³-hybridized carbons (Fsp3) is 0.824. The molecule has 0 saturated carbocycles. The summed E-state index contributed by atoms with van der Waals surface area (Å²) >= 11 is 0. The molecule has 1 nitrogen and oxygen atoms in total. The predicted octanol–water partition coefficient (Wildman–Crippen LogP) is 5.59. The highest BCUT2D eigenvalue weighted by atomic mass is 16.1. The minimum Gasteiger partial charge on any atom is -0.300 e. The molecule has 0 aliphatic heterocycles. The number of ketones is 1. The van der Waals surface area contributed by atoms with Crippen molar-refractivity contribution in [3.05, 3.63) is 12.2 Å². The van der Waals surface area contributed by atoms with Crippen molar-refractivity contribution in [2.45, 2.75) is 89.9 Å². The first-order chi connectivity index (χ1) is 8.89. The van der Waals surface area contributed by atoms with Crippen LogP contribution in [0.25, 0.3) is 0 Å². The van der Waals surface area contributed by atoms with E-state index in [2.05, 4.69) is 12.2 Å². The maximum absolute atomic E-state index is 11.6. The number of Topliss-reactive ketones (excluding diaryl/α,β-unsaturated/α-hetero) is 1. The third-order valence-corrected chi connectivity index (χ3v) is 3.82. The molecule has 0 fully saturated rings. The Morgan fingerprint density at radius 1 is 0.556 bits per heavy atom. The summed E-state index contributed by atoms with van der Waals surface area (Å²) in [5.41, 5.74) is 0. The summed E-state index contributed by atoms with van der Waals surface area (Å²) < 4.78 is 0. The van der Waals surface area contributed by atoms with E-state index < -0.39 is 0 Å². The number of carbonyl (C=O) groups excluding carboxylic acids is 1. The van der Waals surface area contributed by atoms with Gasteiger partial charge in [0.2, 0.25) is 0 Å². The molecule has 0 atom stereocenters. The van der Waals surface area contributed by atoms with E-state index in [4.69, 9.17) is 0 Å². The van der Waals surface area contributed by atoms with E-state index >= 15 is 0 Å². The van der Waals surface area contributed by atoms with Gasteiger partial charge < -0.3 is 0 Å². The molecule has 1 aliphatic rings. The Hall–Kier alpha value is -0.590. The lowest BCUT2D eigenvalue weighted by atomic mass is 10.0. The van der Waals surface area contributed by atoms with E-state index in [-0.39, 0.29) is 0 Å². The van der Waals surface area contributed by atoms with Gasteiger partial charge in [0.05, 0.1) is 0 Å². The first kappa shape index (κ1) is 15.5. The first-order valence-electron chi connectivity index (χ1n) is 8.06. The van der Waals surface area contributed by atoms with Crippen LogP contribution in [0.5, 0.6) is 0 Å². The van der Waals surface area contributed by atoms with Crippen molar-refractivity contribution in [1.29, 1.82) is 0 Å². The minimum absolute atomic E-state index is 0.499. The van der Waals surface area contributed by atoms with Gasteiger partial charge in [0.15, 0.2) is 0 Å². The van der Waals surface area contributed by atoms with Crippen molar-refractivity contribution >= 4 is 5.78 Å². The van der Waals surface area contributed by atoms with E-state index in [9.17, 15) is 4.79 Å². The van der Waals surface area contributed by atoms with E-state index in [0.29, 0.717) is 5.78 Å².